The summed E-state index contributed by atoms with van der Waals surface area (Å²) >= 11 is 1.42. The van der Waals surface area contributed by atoms with Gasteiger partial charge < -0.3 is 10.1 Å². The molecule has 1 aromatic heterocycles. The number of rotatable bonds is 5. The predicted octanol–water partition coefficient (Wildman–Crippen LogP) is 4.00. The molecule has 0 spiro atoms. The highest BCUT2D eigenvalue weighted by Crippen LogP contribution is 2.23. The summed E-state index contributed by atoms with van der Waals surface area (Å²) in [4.78, 5) is 16.0. The molecule has 2 aromatic carbocycles. The van der Waals surface area contributed by atoms with Crippen LogP contribution in [0.25, 0.3) is 0 Å². The first-order valence-corrected chi connectivity index (χ1v) is 7.79. The van der Waals surface area contributed by atoms with Crippen molar-refractivity contribution < 1.29 is 13.9 Å². The van der Waals surface area contributed by atoms with E-state index in [-0.39, 0.29) is 11.7 Å². The Morgan fingerprint density at radius 3 is 2.52 bits per heavy atom. The minimum atomic E-state index is -0.364. The number of ether oxygens (including phenoxy) is 1. The van der Waals surface area contributed by atoms with E-state index in [1.165, 1.54) is 35.6 Å². The first-order valence-electron chi connectivity index (χ1n) is 6.91. The maximum absolute atomic E-state index is 12.8. The van der Waals surface area contributed by atoms with Crippen LogP contribution >= 0.6 is 11.3 Å². The summed E-state index contributed by atoms with van der Waals surface area (Å²) in [5, 5.41) is 5.21. The van der Waals surface area contributed by atoms with Gasteiger partial charge in [0.05, 0.1) is 0 Å². The molecule has 0 unspecified atom stereocenters. The third kappa shape index (κ3) is 4.14. The fraction of sp³-hybridized carbons (Fsp3) is 0.0588. The minimum Gasteiger partial charge on any atom is -0.431 e. The molecule has 6 heteroatoms. The van der Waals surface area contributed by atoms with Gasteiger partial charge in [0.25, 0.3) is 11.1 Å². The highest BCUT2D eigenvalue weighted by molar-refractivity contribution is 7.11. The van der Waals surface area contributed by atoms with Crippen LogP contribution in [0.3, 0.4) is 0 Å². The van der Waals surface area contributed by atoms with E-state index in [0.29, 0.717) is 23.1 Å². The predicted molar refractivity (Wildman–Crippen MR) is 86.2 cm³/mol. The molecule has 4 nitrogen and oxygen atoms in total. The van der Waals surface area contributed by atoms with Gasteiger partial charge >= 0.3 is 0 Å². The second-order valence-electron chi connectivity index (χ2n) is 4.73. The van der Waals surface area contributed by atoms with Gasteiger partial charge in [-0.15, -0.1) is 0 Å². The Bertz CT molecular complexity index is 771. The topological polar surface area (TPSA) is 51.2 Å². The van der Waals surface area contributed by atoms with Crippen molar-refractivity contribution in [2.24, 2.45) is 0 Å². The number of nitrogens with zero attached hydrogens (tertiary/aromatic N) is 1. The van der Waals surface area contributed by atoms with Crippen LogP contribution in [0, 0.1) is 5.82 Å². The van der Waals surface area contributed by atoms with Gasteiger partial charge in [-0.3, -0.25) is 4.79 Å². The van der Waals surface area contributed by atoms with Crippen molar-refractivity contribution in [2.45, 2.75) is 6.54 Å². The molecule has 0 aliphatic rings. The van der Waals surface area contributed by atoms with Crippen molar-refractivity contribution in [3.05, 3.63) is 77.1 Å². The lowest BCUT2D eigenvalue weighted by atomic mass is 10.2. The summed E-state index contributed by atoms with van der Waals surface area (Å²) in [6.45, 7) is 0.383. The van der Waals surface area contributed by atoms with Crippen molar-refractivity contribution in [3.8, 4) is 10.9 Å². The SMILES string of the molecule is O=C(NCc1ccc(Oc2nccs2)cc1)c1ccc(F)cc1. The zero-order valence-electron chi connectivity index (χ0n) is 12.0. The highest BCUT2D eigenvalue weighted by atomic mass is 32.1. The number of nitrogens with one attached hydrogen (secondary N) is 1. The largest absolute Gasteiger partial charge is 0.431 e. The Balaban J connectivity index is 1.56. The van der Waals surface area contributed by atoms with Crippen molar-refractivity contribution >= 4 is 17.2 Å². The van der Waals surface area contributed by atoms with Crippen molar-refractivity contribution in [3.63, 3.8) is 0 Å². The maximum Gasteiger partial charge on any atom is 0.278 e. The number of benzene rings is 2. The molecule has 0 saturated carbocycles. The van der Waals surface area contributed by atoms with E-state index >= 15 is 0 Å². The number of carbonyl (C=O) groups is 1. The summed E-state index contributed by atoms with van der Waals surface area (Å²) in [6, 6.07) is 12.8. The van der Waals surface area contributed by atoms with Crippen LogP contribution in [0.15, 0.2) is 60.1 Å². The van der Waals surface area contributed by atoms with Crippen LogP contribution in [0.1, 0.15) is 15.9 Å². The lowest BCUT2D eigenvalue weighted by molar-refractivity contribution is 0.0951. The van der Waals surface area contributed by atoms with Crippen molar-refractivity contribution in [1.82, 2.24) is 10.3 Å². The fourth-order valence-electron chi connectivity index (χ4n) is 1.92. The van der Waals surface area contributed by atoms with E-state index in [9.17, 15) is 9.18 Å². The molecule has 1 N–H and O–H groups in total. The van der Waals surface area contributed by atoms with Crippen LogP contribution in [-0.4, -0.2) is 10.9 Å². The third-order valence-corrected chi connectivity index (χ3v) is 3.75. The van der Waals surface area contributed by atoms with Crippen LogP contribution in [0.5, 0.6) is 10.9 Å². The molecule has 0 atom stereocenters. The minimum absolute atomic E-state index is 0.242. The molecule has 0 saturated heterocycles. The van der Waals surface area contributed by atoms with Gasteiger partial charge in [-0.2, -0.15) is 0 Å². The first-order chi connectivity index (χ1) is 11.2. The normalized spacial score (nSPS) is 10.3. The van der Waals surface area contributed by atoms with Gasteiger partial charge in [0.2, 0.25) is 0 Å². The molecule has 0 radical (unpaired) electrons. The number of carbonyl (C=O) groups excluding carboxylic acids is 1. The van der Waals surface area contributed by atoms with E-state index in [1.54, 1.807) is 6.20 Å². The fourth-order valence-corrected chi connectivity index (χ4v) is 2.43. The molecule has 0 aliphatic carbocycles. The molecule has 0 fully saturated rings. The highest BCUT2D eigenvalue weighted by Gasteiger charge is 2.05. The van der Waals surface area contributed by atoms with Gasteiger partial charge in [-0.1, -0.05) is 23.5 Å². The second-order valence-corrected chi connectivity index (χ2v) is 5.59. The van der Waals surface area contributed by atoms with Gasteiger partial charge in [0.1, 0.15) is 11.6 Å². The third-order valence-electron chi connectivity index (χ3n) is 3.10. The van der Waals surface area contributed by atoms with Gasteiger partial charge in [0, 0.05) is 23.7 Å². The van der Waals surface area contributed by atoms with E-state index in [0.717, 1.165) is 5.56 Å². The second kappa shape index (κ2) is 7.02. The number of halogens is 1. The van der Waals surface area contributed by atoms with Crippen molar-refractivity contribution in [1.29, 1.82) is 0 Å². The summed E-state index contributed by atoms with van der Waals surface area (Å²) < 4.78 is 18.4. The van der Waals surface area contributed by atoms with E-state index < -0.39 is 0 Å². The standard InChI is InChI=1S/C17H13FN2O2S/c18-14-5-3-13(4-6-14)16(21)20-11-12-1-7-15(8-2-12)22-17-19-9-10-23-17/h1-10H,11H2,(H,20,21). The van der Waals surface area contributed by atoms with E-state index in [4.69, 9.17) is 4.74 Å². The summed E-state index contributed by atoms with van der Waals surface area (Å²) in [5.74, 6) is 0.0824. The Kier molecular flexibility index (Phi) is 4.63. The van der Waals surface area contributed by atoms with Crippen LogP contribution < -0.4 is 10.1 Å². The molecular formula is C17H13FN2O2S. The maximum atomic E-state index is 12.8. The Morgan fingerprint density at radius 2 is 1.87 bits per heavy atom. The van der Waals surface area contributed by atoms with Crippen molar-refractivity contribution in [2.75, 3.05) is 0 Å². The number of hydrogen-bond donors (Lipinski definition) is 1. The summed E-state index contributed by atoms with van der Waals surface area (Å²) in [6.07, 6.45) is 1.68. The van der Waals surface area contributed by atoms with E-state index in [1.807, 2.05) is 29.6 Å². The average molecular weight is 328 g/mol. The molecular weight excluding hydrogens is 315 g/mol. The quantitative estimate of drug-likeness (QED) is 0.770. The lowest BCUT2D eigenvalue weighted by Crippen LogP contribution is -2.22. The molecule has 3 aromatic rings. The Hall–Kier alpha value is -2.73. The average Bonchev–Trinajstić information content (AvgIpc) is 3.07. The molecule has 0 aliphatic heterocycles. The smallest absolute Gasteiger partial charge is 0.278 e. The summed E-state index contributed by atoms with van der Waals surface area (Å²) in [5.41, 5.74) is 1.36. The van der Waals surface area contributed by atoms with E-state index in [2.05, 4.69) is 10.3 Å². The number of hydrogen-bond acceptors (Lipinski definition) is 4. The van der Waals surface area contributed by atoms with Gasteiger partial charge in [0.15, 0.2) is 0 Å². The van der Waals surface area contributed by atoms with Gasteiger partial charge in [-0.05, 0) is 42.0 Å². The van der Waals surface area contributed by atoms with Crippen LogP contribution in [-0.2, 0) is 6.54 Å². The lowest BCUT2D eigenvalue weighted by Gasteiger charge is -2.07. The van der Waals surface area contributed by atoms with Gasteiger partial charge in [-0.25, -0.2) is 9.37 Å². The number of aromatic nitrogens is 1. The molecule has 1 heterocycles. The Morgan fingerprint density at radius 1 is 1.13 bits per heavy atom. The van der Waals surface area contributed by atoms with Crippen LogP contribution in [0.2, 0.25) is 0 Å². The molecule has 3 rings (SSSR count). The first kappa shape index (κ1) is 15.2. The zero-order chi connectivity index (χ0) is 16.1. The summed E-state index contributed by atoms with van der Waals surface area (Å²) in [7, 11) is 0. The molecule has 1 amide bonds. The van der Waals surface area contributed by atoms with Crippen LogP contribution in [0.4, 0.5) is 4.39 Å². The zero-order valence-corrected chi connectivity index (χ0v) is 12.8. The molecule has 116 valence electrons. The monoisotopic (exact) mass is 328 g/mol. The number of amides is 1. The Labute approximate surface area is 136 Å². The number of thiazole rings is 1. The molecule has 23 heavy (non-hydrogen) atoms. The molecule has 0 bridgehead atoms.